The third-order valence-electron chi connectivity index (χ3n) is 7.46. The maximum Gasteiger partial charge on any atom is 0.233 e. The molecule has 4 fully saturated rings. The van der Waals surface area contributed by atoms with Gasteiger partial charge in [-0.05, 0) is 74.0 Å². The number of amides is 1. The van der Waals surface area contributed by atoms with Crippen LogP contribution in [0.2, 0.25) is 0 Å². The van der Waals surface area contributed by atoms with Crippen LogP contribution >= 0.6 is 11.8 Å². The first-order valence-electron chi connectivity index (χ1n) is 11.1. The Labute approximate surface area is 183 Å². The number of rotatable bonds is 7. The van der Waals surface area contributed by atoms with Crippen molar-refractivity contribution in [2.24, 2.45) is 24.8 Å². The first-order chi connectivity index (χ1) is 14.5. The van der Waals surface area contributed by atoms with E-state index in [1.165, 1.54) is 38.5 Å². The van der Waals surface area contributed by atoms with Gasteiger partial charge in [-0.3, -0.25) is 4.79 Å². The topological polar surface area (TPSA) is 47.4 Å². The molecular formula is C24H31N3O2S. The van der Waals surface area contributed by atoms with E-state index in [4.69, 9.17) is 4.74 Å². The maximum atomic E-state index is 13.7. The number of imidazole rings is 1. The second-order valence-electron chi connectivity index (χ2n) is 9.58. The number of thioether (sulfide) groups is 1. The first-order valence-corrected chi connectivity index (χ1v) is 12.1. The van der Waals surface area contributed by atoms with Gasteiger partial charge in [0.25, 0.3) is 0 Å². The van der Waals surface area contributed by atoms with E-state index in [1.54, 1.807) is 25.1 Å². The fourth-order valence-electron chi connectivity index (χ4n) is 6.56. The number of aryl methyl sites for hydroxylation is 1. The zero-order chi connectivity index (χ0) is 20.7. The Hall–Kier alpha value is -1.95. The molecular weight excluding hydrogens is 394 g/mol. The molecule has 4 aliphatic carbocycles. The summed E-state index contributed by atoms with van der Waals surface area (Å²) in [5, 5.41) is 0.898. The maximum absolute atomic E-state index is 13.7. The molecule has 0 unspecified atom stereocenters. The molecule has 0 spiro atoms. The Kier molecular flexibility index (Phi) is 5.30. The van der Waals surface area contributed by atoms with Gasteiger partial charge >= 0.3 is 0 Å². The highest BCUT2D eigenvalue weighted by molar-refractivity contribution is 7.99. The summed E-state index contributed by atoms with van der Waals surface area (Å²) in [6, 6.07) is 8.19. The van der Waals surface area contributed by atoms with Gasteiger partial charge in [0.2, 0.25) is 5.91 Å². The smallest absolute Gasteiger partial charge is 0.233 e. The molecule has 1 aromatic carbocycles. The van der Waals surface area contributed by atoms with Crippen molar-refractivity contribution in [3.05, 3.63) is 42.2 Å². The van der Waals surface area contributed by atoms with Crippen molar-refractivity contribution in [2.75, 3.05) is 12.9 Å². The molecule has 4 saturated carbocycles. The molecule has 0 radical (unpaired) electrons. The molecule has 2 aromatic rings. The van der Waals surface area contributed by atoms with Gasteiger partial charge < -0.3 is 14.2 Å². The van der Waals surface area contributed by atoms with Crippen LogP contribution in [0, 0.1) is 17.8 Å². The Balaban J connectivity index is 1.41. The van der Waals surface area contributed by atoms with Crippen molar-refractivity contribution in [1.82, 2.24) is 14.5 Å². The third-order valence-corrected chi connectivity index (χ3v) is 8.50. The van der Waals surface area contributed by atoms with Crippen LogP contribution in [-0.4, -0.2) is 38.8 Å². The molecule has 6 rings (SSSR count). The van der Waals surface area contributed by atoms with Gasteiger partial charge in [-0.2, -0.15) is 0 Å². The van der Waals surface area contributed by atoms with Crippen molar-refractivity contribution in [1.29, 1.82) is 0 Å². The zero-order valence-corrected chi connectivity index (χ0v) is 18.7. The highest BCUT2D eigenvalue weighted by Crippen LogP contribution is 2.58. The number of methoxy groups -OCH3 is 1. The number of nitrogens with zero attached hydrogens (tertiary/aromatic N) is 3. The second-order valence-corrected chi connectivity index (χ2v) is 10.5. The van der Waals surface area contributed by atoms with Crippen LogP contribution in [0.3, 0.4) is 0 Å². The lowest BCUT2D eigenvalue weighted by molar-refractivity contribution is -0.149. The molecule has 4 bridgehead atoms. The summed E-state index contributed by atoms with van der Waals surface area (Å²) >= 11 is 1.55. The summed E-state index contributed by atoms with van der Waals surface area (Å²) in [7, 11) is 3.68. The van der Waals surface area contributed by atoms with E-state index in [9.17, 15) is 4.79 Å². The Morgan fingerprint density at radius 1 is 1.23 bits per heavy atom. The van der Waals surface area contributed by atoms with Gasteiger partial charge in [0.15, 0.2) is 5.16 Å². The van der Waals surface area contributed by atoms with E-state index in [0.29, 0.717) is 12.3 Å². The third kappa shape index (κ3) is 3.75. The average Bonchev–Trinajstić information content (AvgIpc) is 3.14. The van der Waals surface area contributed by atoms with Crippen LogP contribution in [0.1, 0.15) is 44.1 Å². The summed E-state index contributed by atoms with van der Waals surface area (Å²) < 4.78 is 7.42. The standard InChI is InChI=1S/C24H31N3O2S/c1-26-7-6-25-23(26)30-16-22(28)27(15-17-4-3-5-21(11-17)29-2)24-12-18-8-19(13-24)10-20(9-18)14-24/h3-7,11,18-20H,8-10,12-16H2,1-2H3. The summed E-state index contributed by atoms with van der Waals surface area (Å²) in [5.74, 6) is 3.95. The van der Waals surface area contributed by atoms with Crippen LogP contribution in [0.4, 0.5) is 0 Å². The predicted octanol–water partition coefficient (Wildman–Crippen LogP) is 4.52. The molecule has 30 heavy (non-hydrogen) atoms. The lowest BCUT2D eigenvalue weighted by Crippen LogP contribution is -2.61. The van der Waals surface area contributed by atoms with E-state index in [1.807, 2.05) is 29.9 Å². The van der Waals surface area contributed by atoms with Crippen LogP contribution < -0.4 is 4.74 Å². The molecule has 4 aliphatic rings. The SMILES string of the molecule is COc1cccc(CN(C(=O)CSc2nccn2C)C23CC4CC(CC(C4)C2)C3)c1. The van der Waals surface area contributed by atoms with Gasteiger partial charge in [-0.15, -0.1) is 0 Å². The quantitative estimate of drug-likeness (QED) is 0.612. The highest BCUT2D eigenvalue weighted by atomic mass is 32.2. The molecule has 0 saturated heterocycles. The molecule has 0 atom stereocenters. The molecule has 160 valence electrons. The van der Waals surface area contributed by atoms with E-state index in [2.05, 4.69) is 22.0 Å². The summed E-state index contributed by atoms with van der Waals surface area (Å²) in [5.41, 5.74) is 1.19. The fourth-order valence-corrected chi connectivity index (χ4v) is 7.37. The normalized spacial score (nSPS) is 29.2. The number of carbonyl (C=O) groups is 1. The van der Waals surface area contributed by atoms with Crippen molar-refractivity contribution in [3.8, 4) is 5.75 Å². The number of hydrogen-bond acceptors (Lipinski definition) is 4. The summed E-state index contributed by atoms with van der Waals surface area (Å²) in [4.78, 5) is 20.3. The van der Waals surface area contributed by atoms with E-state index >= 15 is 0 Å². The Bertz CT molecular complexity index is 889. The largest absolute Gasteiger partial charge is 0.497 e. The van der Waals surface area contributed by atoms with Gasteiger partial charge in [-0.1, -0.05) is 23.9 Å². The molecule has 1 amide bonds. The van der Waals surface area contributed by atoms with Crippen LogP contribution in [0.25, 0.3) is 0 Å². The van der Waals surface area contributed by atoms with Crippen LogP contribution in [-0.2, 0) is 18.4 Å². The van der Waals surface area contributed by atoms with Crippen LogP contribution in [0.5, 0.6) is 5.75 Å². The minimum absolute atomic E-state index is 0.0388. The molecule has 1 aromatic heterocycles. The van der Waals surface area contributed by atoms with Crippen LogP contribution in [0.15, 0.2) is 41.8 Å². The van der Waals surface area contributed by atoms with E-state index < -0.39 is 0 Å². The van der Waals surface area contributed by atoms with Gasteiger partial charge in [0, 0.05) is 31.5 Å². The average molecular weight is 426 g/mol. The monoisotopic (exact) mass is 425 g/mol. The van der Waals surface area contributed by atoms with E-state index in [0.717, 1.165) is 34.2 Å². The molecule has 0 N–H and O–H groups in total. The van der Waals surface area contributed by atoms with Crippen molar-refractivity contribution >= 4 is 17.7 Å². The fraction of sp³-hybridized carbons (Fsp3) is 0.583. The Morgan fingerprint density at radius 2 is 1.93 bits per heavy atom. The van der Waals surface area contributed by atoms with Gasteiger partial charge in [0.1, 0.15) is 5.75 Å². The van der Waals surface area contributed by atoms with Gasteiger partial charge in [-0.25, -0.2) is 4.98 Å². The number of aromatic nitrogens is 2. The van der Waals surface area contributed by atoms with Gasteiger partial charge in [0.05, 0.1) is 12.9 Å². The minimum atomic E-state index is 0.0388. The van der Waals surface area contributed by atoms with Crippen molar-refractivity contribution in [2.45, 2.75) is 55.8 Å². The Morgan fingerprint density at radius 3 is 2.53 bits per heavy atom. The molecule has 0 aliphatic heterocycles. The lowest BCUT2D eigenvalue weighted by atomic mass is 9.52. The summed E-state index contributed by atoms with van der Waals surface area (Å²) in [6.45, 7) is 0.670. The number of benzene rings is 1. The number of hydrogen-bond donors (Lipinski definition) is 0. The first kappa shape index (κ1) is 20.0. The lowest BCUT2D eigenvalue weighted by Gasteiger charge is -2.60. The minimum Gasteiger partial charge on any atom is -0.497 e. The number of ether oxygens (including phenoxy) is 1. The second kappa shape index (κ2) is 7.95. The van der Waals surface area contributed by atoms with Crippen molar-refractivity contribution in [3.63, 3.8) is 0 Å². The van der Waals surface area contributed by atoms with Crippen molar-refractivity contribution < 1.29 is 9.53 Å². The highest BCUT2D eigenvalue weighted by Gasteiger charge is 2.54. The molecule has 5 nitrogen and oxygen atoms in total. The molecule has 1 heterocycles. The predicted molar refractivity (Wildman–Crippen MR) is 118 cm³/mol. The zero-order valence-electron chi connectivity index (χ0n) is 17.9. The van der Waals surface area contributed by atoms with E-state index in [-0.39, 0.29) is 11.4 Å². The summed E-state index contributed by atoms with van der Waals surface area (Å²) in [6.07, 6.45) is 11.4. The number of carbonyl (C=O) groups excluding carboxylic acids is 1. The molecule has 6 heteroatoms.